The number of hydrogen-bond donors (Lipinski definition) is 2. The number of hydrogen-bond acceptors (Lipinski definition) is 4. The van der Waals surface area contributed by atoms with E-state index in [0.717, 1.165) is 36.0 Å². The molecule has 0 amide bonds. The maximum atomic E-state index is 7.74. The highest BCUT2D eigenvalue weighted by Crippen LogP contribution is 2.26. The van der Waals surface area contributed by atoms with Crippen molar-refractivity contribution in [3.05, 3.63) is 29.5 Å². The lowest BCUT2D eigenvalue weighted by Crippen LogP contribution is -2.36. The van der Waals surface area contributed by atoms with Crippen LogP contribution in [0, 0.1) is 12.3 Å². The van der Waals surface area contributed by atoms with Gasteiger partial charge >= 0.3 is 0 Å². The van der Waals surface area contributed by atoms with Crippen LogP contribution >= 0.6 is 0 Å². The first-order chi connectivity index (χ1) is 9.08. The fourth-order valence-electron chi connectivity index (χ4n) is 2.68. The van der Waals surface area contributed by atoms with Crippen molar-refractivity contribution in [1.29, 1.82) is 5.41 Å². The third-order valence-electron chi connectivity index (χ3n) is 3.51. The summed E-state index contributed by atoms with van der Waals surface area (Å²) < 4.78 is 3.94. The molecule has 1 aliphatic rings. The number of anilines is 1. The van der Waals surface area contributed by atoms with Crippen LogP contribution in [0.5, 0.6) is 0 Å². The predicted octanol–water partition coefficient (Wildman–Crippen LogP) is 0.229. The van der Waals surface area contributed by atoms with Crippen LogP contribution in [0.15, 0.2) is 12.4 Å². The summed E-state index contributed by atoms with van der Waals surface area (Å²) in [5.74, 6) is 1.99. The predicted molar refractivity (Wildman–Crippen MR) is 72.2 cm³/mol. The average Bonchev–Trinajstić information content (AvgIpc) is 2.91. The van der Waals surface area contributed by atoms with Gasteiger partial charge in [0.05, 0.1) is 17.8 Å². The molecule has 0 atom stereocenters. The van der Waals surface area contributed by atoms with Gasteiger partial charge in [-0.05, 0) is 6.92 Å². The zero-order chi connectivity index (χ0) is 13.6. The average molecular weight is 259 g/mol. The zero-order valence-corrected chi connectivity index (χ0v) is 11.1. The molecule has 19 heavy (non-hydrogen) atoms. The fourth-order valence-corrected chi connectivity index (χ4v) is 2.68. The van der Waals surface area contributed by atoms with E-state index in [1.54, 1.807) is 4.68 Å². The second kappa shape index (κ2) is 4.11. The third kappa shape index (κ3) is 1.78. The number of nitrogens with one attached hydrogen (secondary N) is 1. The Hall–Kier alpha value is -2.31. The maximum absolute atomic E-state index is 7.74. The van der Waals surface area contributed by atoms with Crippen LogP contribution in [0.2, 0.25) is 0 Å². The number of aromatic nitrogens is 4. The molecule has 100 valence electrons. The standard InChI is InChI=1S/C12H17N7/c1-8-10(11(13)14)12(17(2)16-8)19-6-5-18-4-3-15-9(18)7-19/h3-4H,5-7H2,1-2H3,(H3,13,14). The Balaban J connectivity index is 2.02. The van der Waals surface area contributed by atoms with Crippen LogP contribution in [-0.2, 0) is 20.1 Å². The van der Waals surface area contributed by atoms with Crippen molar-refractivity contribution < 1.29 is 0 Å². The number of nitrogen functional groups attached to an aromatic ring is 1. The molecule has 0 fully saturated rings. The molecule has 7 heteroatoms. The molecule has 2 aromatic heterocycles. The molecular formula is C12H17N7. The Morgan fingerprint density at radius 1 is 1.42 bits per heavy atom. The monoisotopic (exact) mass is 259 g/mol. The van der Waals surface area contributed by atoms with E-state index in [2.05, 4.69) is 19.5 Å². The van der Waals surface area contributed by atoms with Gasteiger partial charge in [-0.2, -0.15) is 5.10 Å². The van der Waals surface area contributed by atoms with E-state index in [4.69, 9.17) is 11.1 Å². The Bertz CT molecular complexity index is 637. The van der Waals surface area contributed by atoms with E-state index >= 15 is 0 Å². The number of nitrogens with zero attached hydrogens (tertiary/aromatic N) is 5. The second-order valence-corrected chi connectivity index (χ2v) is 4.78. The highest BCUT2D eigenvalue weighted by Gasteiger charge is 2.25. The lowest BCUT2D eigenvalue weighted by atomic mass is 10.2. The smallest absolute Gasteiger partial charge is 0.138 e. The van der Waals surface area contributed by atoms with Gasteiger partial charge < -0.3 is 15.2 Å². The van der Waals surface area contributed by atoms with E-state index in [9.17, 15) is 0 Å². The minimum Gasteiger partial charge on any atom is -0.384 e. The summed E-state index contributed by atoms with van der Waals surface area (Å²) in [6.45, 7) is 4.34. The number of fused-ring (bicyclic) bond motifs is 1. The largest absolute Gasteiger partial charge is 0.384 e. The van der Waals surface area contributed by atoms with Crippen LogP contribution in [-0.4, -0.2) is 31.7 Å². The van der Waals surface area contributed by atoms with Crippen molar-refractivity contribution in [3.63, 3.8) is 0 Å². The van der Waals surface area contributed by atoms with Crippen LogP contribution in [0.4, 0.5) is 5.82 Å². The van der Waals surface area contributed by atoms with Gasteiger partial charge in [0.25, 0.3) is 0 Å². The van der Waals surface area contributed by atoms with Gasteiger partial charge in [-0.3, -0.25) is 10.1 Å². The summed E-state index contributed by atoms with van der Waals surface area (Å²) in [6, 6.07) is 0. The zero-order valence-electron chi connectivity index (χ0n) is 11.1. The van der Waals surface area contributed by atoms with Crippen molar-refractivity contribution in [2.75, 3.05) is 11.4 Å². The van der Waals surface area contributed by atoms with E-state index in [0.29, 0.717) is 6.54 Å². The molecule has 0 aromatic carbocycles. The molecule has 0 aliphatic carbocycles. The van der Waals surface area contributed by atoms with Gasteiger partial charge in [0, 0.05) is 32.5 Å². The molecule has 0 radical (unpaired) electrons. The second-order valence-electron chi connectivity index (χ2n) is 4.78. The Labute approximate surface area is 111 Å². The molecule has 0 saturated carbocycles. The SMILES string of the molecule is Cc1nn(C)c(N2CCn3ccnc3C2)c1C(=N)N. The van der Waals surface area contributed by atoms with E-state index < -0.39 is 0 Å². The lowest BCUT2D eigenvalue weighted by Gasteiger charge is -2.30. The number of imidazole rings is 1. The Kier molecular flexibility index (Phi) is 2.55. The first kappa shape index (κ1) is 11.8. The van der Waals surface area contributed by atoms with Gasteiger partial charge in [0.2, 0.25) is 0 Å². The topological polar surface area (TPSA) is 88.8 Å². The minimum absolute atomic E-state index is 0.0644. The van der Waals surface area contributed by atoms with Gasteiger partial charge in [-0.1, -0.05) is 0 Å². The first-order valence-corrected chi connectivity index (χ1v) is 6.21. The van der Waals surface area contributed by atoms with E-state index in [1.165, 1.54) is 0 Å². The summed E-state index contributed by atoms with van der Waals surface area (Å²) in [6.07, 6.45) is 3.81. The van der Waals surface area contributed by atoms with Gasteiger partial charge in [0.15, 0.2) is 0 Å². The molecular weight excluding hydrogens is 242 g/mol. The Morgan fingerprint density at radius 2 is 2.21 bits per heavy atom. The molecule has 7 nitrogen and oxygen atoms in total. The normalized spacial score (nSPS) is 14.5. The molecule has 2 aromatic rings. The van der Waals surface area contributed by atoms with Crippen molar-refractivity contribution in [2.45, 2.75) is 20.0 Å². The lowest BCUT2D eigenvalue weighted by molar-refractivity contribution is 0.545. The molecule has 0 bridgehead atoms. The number of amidine groups is 1. The van der Waals surface area contributed by atoms with Crippen molar-refractivity contribution in [1.82, 2.24) is 19.3 Å². The molecule has 1 aliphatic heterocycles. The van der Waals surface area contributed by atoms with Crippen LogP contribution < -0.4 is 10.6 Å². The first-order valence-electron chi connectivity index (χ1n) is 6.21. The van der Waals surface area contributed by atoms with E-state index in [-0.39, 0.29) is 5.84 Å². The van der Waals surface area contributed by atoms with Crippen LogP contribution in [0.3, 0.4) is 0 Å². The van der Waals surface area contributed by atoms with Crippen LogP contribution in [0.25, 0.3) is 0 Å². The quantitative estimate of drug-likeness (QED) is 0.597. The highest BCUT2D eigenvalue weighted by molar-refractivity contribution is 6.00. The molecule has 3 heterocycles. The summed E-state index contributed by atoms with van der Waals surface area (Å²) in [7, 11) is 1.88. The summed E-state index contributed by atoms with van der Waals surface area (Å²) in [4.78, 5) is 6.53. The van der Waals surface area contributed by atoms with Crippen molar-refractivity contribution >= 4 is 11.7 Å². The summed E-state index contributed by atoms with van der Waals surface area (Å²) in [5.41, 5.74) is 7.21. The van der Waals surface area contributed by atoms with Gasteiger partial charge in [-0.15, -0.1) is 0 Å². The number of nitrogens with two attached hydrogens (primary N) is 1. The van der Waals surface area contributed by atoms with Gasteiger partial charge in [-0.25, -0.2) is 4.98 Å². The minimum atomic E-state index is 0.0644. The Morgan fingerprint density at radius 3 is 2.95 bits per heavy atom. The summed E-state index contributed by atoms with van der Waals surface area (Å²) >= 11 is 0. The van der Waals surface area contributed by atoms with E-state index in [1.807, 2.05) is 26.4 Å². The van der Waals surface area contributed by atoms with Crippen LogP contribution in [0.1, 0.15) is 17.1 Å². The number of rotatable bonds is 2. The summed E-state index contributed by atoms with van der Waals surface area (Å²) in [5, 5.41) is 12.1. The molecule has 0 unspecified atom stereocenters. The molecule has 3 N–H and O–H groups in total. The maximum Gasteiger partial charge on any atom is 0.138 e. The van der Waals surface area contributed by atoms with Crippen molar-refractivity contribution in [3.8, 4) is 0 Å². The molecule has 0 spiro atoms. The number of aryl methyl sites for hydroxylation is 2. The van der Waals surface area contributed by atoms with Crippen molar-refractivity contribution in [2.24, 2.45) is 12.8 Å². The molecule has 3 rings (SSSR count). The van der Waals surface area contributed by atoms with Gasteiger partial charge in [0.1, 0.15) is 17.5 Å². The fraction of sp³-hybridized carbons (Fsp3) is 0.417. The third-order valence-corrected chi connectivity index (χ3v) is 3.51. The molecule has 0 saturated heterocycles. The highest BCUT2D eigenvalue weighted by atomic mass is 15.4.